The topological polar surface area (TPSA) is 54.4 Å². The van der Waals surface area contributed by atoms with E-state index in [0.717, 1.165) is 16.8 Å². The molecule has 2 aromatic carbocycles. The Kier molecular flexibility index (Phi) is 5.10. The van der Waals surface area contributed by atoms with Crippen LogP contribution in [0.1, 0.15) is 21.5 Å². The Bertz CT molecular complexity index is 815. The highest BCUT2D eigenvalue weighted by Gasteiger charge is 2.08. The molecule has 1 heterocycles. The molecule has 24 heavy (non-hydrogen) atoms. The van der Waals surface area contributed by atoms with Gasteiger partial charge in [-0.25, -0.2) is 5.43 Å². The van der Waals surface area contributed by atoms with E-state index in [9.17, 15) is 4.79 Å². The van der Waals surface area contributed by atoms with E-state index in [1.54, 1.807) is 24.5 Å². The van der Waals surface area contributed by atoms with Crippen molar-refractivity contribution in [2.24, 2.45) is 5.10 Å². The number of rotatable bonds is 5. The molecule has 0 fully saturated rings. The van der Waals surface area contributed by atoms with Crippen molar-refractivity contribution in [1.29, 1.82) is 0 Å². The van der Waals surface area contributed by atoms with E-state index < -0.39 is 0 Å². The number of hydrogen-bond acceptors (Lipinski definition) is 3. The molecular weight excluding hydrogens is 298 g/mol. The lowest BCUT2D eigenvalue weighted by atomic mass is 10.0. The monoisotopic (exact) mass is 315 g/mol. The number of pyridine rings is 1. The minimum Gasteiger partial charge on any atom is -0.267 e. The molecule has 1 aromatic heterocycles. The van der Waals surface area contributed by atoms with Crippen LogP contribution in [0.4, 0.5) is 0 Å². The first-order chi connectivity index (χ1) is 11.8. The minimum atomic E-state index is -0.227. The fraction of sp³-hybridized carbons (Fsp3) is 0.0500. The second kappa shape index (κ2) is 7.83. The lowest BCUT2D eigenvalue weighted by Crippen LogP contribution is -2.21. The zero-order valence-electron chi connectivity index (χ0n) is 13.1. The van der Waals surface area contributed by atoms with E-state index in [1.807, 2.05) is 60.7 Å². The molecule has 0 aliphatic heterocycles. The van der Waals surface area contributed by atoms with Crippen molar-refractivity contribution in [1.82, 2.24) is 10.4 Å². The normalized spacial score (nSPS) is 11.1. The van der Waals surface area contributed by atoms with Crippen LogP contribution in [0.2, 0.25) is 0 Å². The molecule has 4 heteroatoms. The number of amides is 1. The van der Waals surface area contributed by atoms with Crippen molar-refractivity contribution in [2.45, 2.75) is 6.42 Å². The number of nitrogens with one attached hydrogen (secondary N) is 1. The molecule has 0 aliphatic carbocycles. The summed E-state index contributed by atoms with van der Waals surface area (Å²) in [6.45, 7) is 0. The molecule has 0 bridgehead atoms. The fourth-order valence-corrected chi connectivity index (χ4v) is 2.31. The lowest BCUT2D eigenvalue weighted by molar-refractivity contribution is 0.0955. The second-order valence-corrected chi connectivity index (χ2v) is 5.26. The van der Waals surface area contributed by atoms with Crippen molar-refractivity contribution < 1.29 is 4.79 Å². The van der Waals surface area contributed by atoms with Crippen LogP contribution in [0.5, 0.6) is 0 Å². The Morgan fingerprint density at radius 1 is 0.833 bits per heavy atom. The first-order valence-corrected chi connectivity index (χ1v) is 7.69. The number of hydrogen-bond donors (Lipinski definition) is 1. The quantitative estimate of drug-likeness (QED) is 0.579. The fourth-order valence-electron chi connectivity index (χ4n) is 2.31. The van der Waals surface area contributed by atoms with Gasteiger partial charge in [0, 0.05) is 29.9 Å². The summed E-state index contributed by atoms with van der Waals surface area (Å²) in [6, 6.07) is 22.8. The van der Waals surface area contributed by atoms with Crippen molar-refractivity contribution >= 4 is 11.6 Å². The molecule has 118 valence electrons. The van der Waals surface area contributed by atoms with Gasteiger partial charge in [-0.2, -0.15) is 5.10 Å². The first kappa shape index (κ1) is 15.6. The van der Waals surface area contributed by atoms with Crippen LogP contribution in [0.3, 0.4) is 0 Å². The van der Waals surface area contributed by atoms with Crippen LogP contribution in [-0.4, -0.2) is 16.6 Å². The maximum absolute atomic E-state index is 12.2. The van der Waals surface area contributed by atoms with Crippen molar-refractivity contribution in [3.8, 4) is 0 Å². The van der Waals surface area contributed by atoms with Crippen molar-refractivity contribution in [2.75, 3.05) is 0 Å². The maximum atomic E-state index is 12.2. The summed E-state index contributed by atoms with van der Waals surface area (Å²) in [5.74, 6) is -0.227. The van der Waals surface area contributed by atoms with Gasteiger partial charge in [-0.1, -0.05) is 48.5 Å². The molecule has 0 saturated heterocycles. The van der Waals surface area contributed by atoms with E-state index in [-0.39, 0.29) is 5.91 Å². The van der Waals surface area contributed by atoms with Gasteiger partial charge in [0.1, 0.15) is 0 Å². The smallest absolute Gasteiger partial charge is 0.267 e. The molecule has 0 aliphatic rings. The molecule has 3 rings (SSSR count). The zero-order chi connectivity index (χ0) is 16.6. The van der Waals surface area contributed by atoms with Crippen LogP contribution >= 0.6 is 0 Å². The van der Waals surface area contributed by atoms with Crippen LogP contribution in [-0.2, 0) is 6.42 Å². The molecule has 1 amide bonds. The SMILES string of the molecule is O=C(N/N=C(/Cc1ccccc1)c1ccncc1)c1ccccc1. The number of carbonyl (C=O) groups excluding carboxylic acids is 1. The number of hydrazone groups is 1. The predicted molar refractivity (Wildman–Crippen MR) is 94.8 cm³/mol. The number of aromatic nitrogens is 1. The van der Waals surface area contributed by atoms with E-state index in [1.165, 1.54) is 0 Å². The van der Waals surface area contributed by atoms with Gasteiger partial charge in [0.05, 0.1) is 5.71 Å². The summed E-state index contributed by atoms with van der Waals surface area (Å²) in [5.41, 5.74) is 6.07. The Balaban J connectivity index is 1.83. The Morgan fingerprint density at radius 2 is 1.46 bits per heavy atom. The Labute approximate surface area is 140 Å². The predicted octanol–water partition coefficient (Wildman–Crippen LogP) is 3.46. The van der Waals surface area contributed by atoms with Gasteiger partial charge in [-0.05, 0) is 29.8 Å². The third kappa shape index (κ3) is 4.14. The third-order valence-corrected chi connectivity index (χ3v) is 3.56. The van der Waals surface area contributed by atoms with Gasteiger partial charge in [0.2, 0.25) is 0 Å². The molecule has 4 nitrogen and oxygen atoms in total. The van der Waals surface area contributed by atoms with E-state index in [4.69, 9.17) is 0 Å². The van der Waals surface area contributed by atoms with Crippen LogP contribution in [0, 0.1) is 0 Å². The standard InChI is InChI=1S/C20H17N3O/c24-20(18-9-5-2-6-10-18)23-22-19(17-11-13-21-14-12-17)15-16-7-3-1-4-8-16/h1-14H,15H2,(H,23,24)/b22-19-. The zero-order valence-corrected chi connectivity index (χ0v) is 13.1. The molecule has 0 atom stereocenters. The molecule has 0 spiro atoms. The Hall–Kier alpha value is -3.27. The lowest BCUT2D eigenvalue weighted by Gasteiger charge is -2.08. The third-order valence-electron chi connectivity index (χ3n) is 3.56. The maximum Gasteiger partial charge on any atom is 0.271 e. The minimum absolute atomic E-state index is 0.227. The average Bonchev–Trinajstić information content (AvgIpc) is 2.67. The number of carbonyl (C=O) groups is 1. The van der Waals surface area contributed by atoms with Crippen LogP contribution < -0.4 is 5.43 Å². The molecule has 0 radical (unpaired) electrons. The summed E-state index contributed by atoms with van der Waals surface area (Å²) in [4.78, 5) is 16.2. The van der Waals surface area contributed by atoms with E-state index in [0.29, 0.717) is 12.0 Å². The molecule has 0 saturated carbocycles. The summed E-state index contributed by atoms with van der Waals surface area (Å²) < 4.78 is 0. The van der Waals surface area contributed by atoms with Gasteiger partial charge < -0.3 is 0 Å². The highest BCUT2D eigenvalue weighted by atomic mass is 16.2. The largest absolute Gasteiger partial charge is 0.271 e. The molecule has 1 N–H and O–H groups in total. The van der Waals surface area contributed by atoms with Gasteiger partial charge in [-0.15, -0.1) is 0 Å². The summed E-state index contributed by atoms with van der Waals surface area (Å²) in [7, 11) is 0. The second-order valence-electron chi connectivity index (χ2n) is 5.26. The van der Waals surface area contributed by atoms with Gasteiger partial charge >= 0.3 is 0 Å². The molecule has 0 unspecified atom stereocenters. The van der Waals surface area contributed by atoms with Crippen molar-refractivity contribution in [3.63, 3.8) is 0 Å². The summed E-state index contributed by atoms with van der Waals surface area (Å²) >= 11 is 0. The van der Waals surface area contributed by atoms with Gasteiger partial charge in [0.15, 0.2) is 0 Å². The first-order valence-electron chi connectivity index (χ1n) is 7.69. The highest BCUT2D eigenvalue weighted by molar-refractivity contribution is 6.03. The summed E-state index contributed by atoms with van der Waals surface area (Å²) in [5, 5.41) is 4.35. The van der Waals surface area contributed by atoms with Gasteiger partial charge in [0.25, 0.3) is 5.91 Å². The Morgan fingerprint density at radius 3 is 2.12 bits per heavy atom. The number of nitrogens with zero attached hydrogens (tertiary/aromatic N) is 2. The van der Waals surface area contributed by atoms with Crippen LogP contribution in [0.25, 0.3) is 0 Å². The van der Waals surface area contributed by atoms with Crippen molar-refractivity contribution in [3.05, 3.63) is 102 Å². The average molecular weight is 315 g/mol. The van der Waals surface area contributed by atoms with E-state index in [2.05, 4.69) is 15.5 Å². The molecule has 3 aromatic rings. The van der Waals surface area contributed by atoms with Crippen LogP contribution in [0.15, 0.2) is 90.3 Å². The van der Waals surface area contributed by atoms with E-state index >= 15 is 0 Å². The molecular formula is C20H17N3O. The van der Waals surface area contributed by atoms with Gasteiger partial charge in [-0.3, -0.25) is 9.78 Å². The highest BCUT2D eigenvalue weighted by Crippen LogP contribution is 2.08. The number of benzene rings is 2. The summed E-state index contributed by atoms with van der Waals surface area (Å²) in [6.07, 6.45) is 4.06.